The third-order valence-electron chi connectivity index (χ3n) is 4.62. The van der Waals surface area contributed by atoms with Crippen LogP contribution in [-0.2, 0) is 22.6 Å². The molecule has 1 atom stereocenters. The minimum Gasteiger partial charge on any atom is -0.445 e. The Hall–Kier alpha value is -4.02. The van der Waals surface area contributed by atoms with Gasteiger partial charge < -0.3 is 15.0 Å². The Morgan fingerprint density at radius 1 is 1.17 bits per heavy atom. The van der Waals surface area contributed by atoms with Gasteiger partial charge in [-0.25, -0.2) is 4.79 Å². The Balaban J connectivity index is 1.71. The van der Waals surface area contributed by atoms with Crippen LogP contribution in [0.1, 0.15) is 18.1 Å². The first-order chi connectivity index (χ1) is 14.3. The summed E-state index contributed by atoms with van der Waals surface area (Å²) < 4.78 is 5.08. The molecule has 156 valence electrons. The summed E-state index contributed by atoms with van der Waals surface area (Å²) in [6.07, 6.45) is -0.577. The molecule has 2 aromatic rings. The Labute approximate surface area is 170 Å². The second-order valence-electron chi connectivity index (χ2n) is 6.65. The summed E-state index contributed by atoms with van der Waals surface area (Å²) in [5, 5.41) is 24.9. The Morgan fingerprint density at radius 2 is 1.87 bits per heavy atom. The molecular formula is C19H18N4O7. The Bertz CT molecular complexity index is 1010. The molecule has 1 N–H and O–H groups in total. The van der Waals surface area contributed by atoms with Gasteiger partial charge in [0.05, 0.1) is 15.9 Å². The van der Waals surface area contributed by atoms with Crippen molar-refractivity contribution in [3.63, 3.8) is 0 Å². The first-order valence-electron chi connectivity index (χ1n) is 9.02. The number of hydrogen-bond donors (Lipinski definition) is 1. The van der Waals surface area contributed by atoms with Gasteiger partial charge in [0.1, 0.15) is 18.3 Å². The first-order valence-corrected chi connectivity index (χ1v) is 9.02. The number of benzene rings is 2. The highest BCUT2D eigenvalue weighted by molar-refractivity contribution is 6.02. The quantitative estimate of drug-likeness (QED) is 0.565. The van der Waals surface area contributed by atoms with Crippen LogP contribution in [0.25, 0.3) is 0 Å². The molecule has 1 aliphatic rings. The van der Waals surface area contributed by atoms with Gasteiger partial charge in [0.25, 0.3) is 11.4 Å². The number of nitrogens with one attached hydrogen (secondary N) is 1. The van der Waals surface area contributed by atoms with Crippen LogP contribution in [0.3, 0.4) is 0 Å². The zero-order valence-corrected chi connectivity index (χ0v) is 15.9. The van der Waals surface area contributed by atoms with E-state index < -0.39 is 39.3 Å². The zero-order valence-electron chi connectivity index (χ0n) is 15.9. The van der Waals surface area contributed by atoms with Crippen LogP contribution >= 0.6 is 0 Å². The average molecular weight is 414 g/mol. The number of ether oxygens (including phenoxy) is 1. The van der Waals surface area contributed by atoms with E-state index in [1.807, 2.05) is 6.07 Å². The van der Waals surface area contributed by atoms with Gasteiger partial charge in [-0.05, 0) is 24.5 Å². The number of nitro benzene ring substituents is 2. The zero-order chi connectivity index (χ0) is 21.8. The molecule has 0 aliphatic carbocycles. The van der Waals surface area contributed by atoms with Crippen molar-refractivity contribution in [1.82, 2.24) is 5.32 Å². The van der Waals surface area contributed by atoms with Gasteiger partial charge in [0.2, 0.25) is 5.91 Å². The number of anilines is 1. The number of hydrogen-bond acceptors (Lipinski definition) is 7. The summed E-state index contributed by atoms with van der Waals surface area (Å²) in [6, 6.07) is 10.0. The monoisotopic (exact) mass is 414 g/mol. The lowest BCUT2D eigenvalue weighted by Crippen LogP contribution is -2.46. The summed E-state index contributed by atoms with van der Waals surface area (Å²) in [7, 11) is 0. The number of non-ortho nitro benzene ring substituents is 1. The van der Waals surface area contributed by atoms with Crippen molar-refractivity contribution in [2.24, 2.45) is 0 Å². The van der Waals surface area contributed by atoms with E-state index in [0.717, 1.165) is 11.6 Å². The number of fused-ring (bicyclic) bond motifs is 1. The van der Waals surface area contributed by atoms with Crippen LogP contribution in [0, 0.1) is 20.2 Å². The summed E-state index contributed by atoms with van der Waals surface area (Å²) >= 11 is 0. The molecule has 1 aliphatic heterocycles. The molecule has 2 amide bonds. The van der Waals surface area contributed by atoms with Crippen LogP contribution in [0.15, 0.2) is 42.5 Å². The topological polar surface area (TPSA) is 145 Å². The number of nitro groups is 2. The molecule has 3 rings (SSSR count). The Morgan fingerprint density at radius 3 is 2.50 bits per heavy atom. The van der Waals surface area contributed by atoms with Crippen LogP contribution in [0.2, 0.25) is 0 Å². The fourth-order valence-corrected chi connectivity index (χ4v) is 3.21. The van der Waals surface area contributed by atoms with E-state index in [1.165, 1.54) is 17.9 Å². The van der Waals surface area contributed by atoms with Gasteiger partial charge in [0, 0.05) is 12.6 Å². The van der Waals surface area contributed by atoms with Crippen molar-refractivity contribution < 1.29 is 24.2 Å². The van der Waals surface area contributed by atoms with Crippen LogP contribution in [0.4, 0.5) is 21.9 Å². The molecule has 0 unspecified atom stereocenters. The highest BCUT2D eigenvalue weighted by atomic mass is 16.6. The average Bonchev–Trinajstić information content (AvgIpc) is 3.15. The predicted octanol–water partition coefficient (Wildman–Crippen LogP) is 2.71. The highest BCUT2D eigenvalue weighted by Gasteiger charge is 2.36. The molecule has 11 nitrogen and oxygen atoms in total. The fraction of sp³-hybridized carbons (Fsp3) is 0.263. The molecule has 30 heavy (non-hydrogen) atoms. The summed E-state index contributed by atoms with van der Waals surface area (Å²) in [4.78, 5) is 46.9. The van der Waals surface area contributed by atoms with Crippen molar-refractivity contribution in [2.75, 3.05) is 11.4 Å². The second-order valence-corrected chi connectivity index (χ2v) is 6.65. The van der Waals surface area contributed by atoms with Gasteiger partial charge in [0.15, 0.2) is 0 Å². The summed E-state index contributed by atoms with van der Waals surface area (Å²) in [5.41, 5.74) is 0.191. The third-order valence-corrected chi connectivity index (χ3v) is 4.62. The van der Waals surface area contributed by atoms with E-state index in [9.17, 15) is 29.8 Å². The van der Waals surface area contributed by atoms with Gasteiger partial charge in [-0.15, -0.1) is 0 Å². The number of amides is 2. The molecule has 0 saturated heterocycles. The van der Waals surface area contributed by atoms with Crippen molar-refractivity contribution in [3.05, 3.63) is 73.8 Å². The van der Waals surface area contributed by atoms with E-state index in [2.05, 4.69) is 5.32 Å². The number of rotatable bonds is 6. The van der Waals surface area contributed by atoms with Gasteiger partial charge >= 0.3 is 6.09 Å². The van der Waals surface area contributed by atoms with E-state index in [1.54, 1.807) is 24.3 Å². The van der Waals surface area contributed by atoms with Crippen molar-refractivity contribution in [1.29, 1.82) is 0 Å². The maximum absolute atomic E-state index is 12.8. The third kappa shape index (κ3) is 4.35. The SMILES string of the molecule is C[C@H](NC(=O)OCc1ccccc1)C(=O)N1CCc2cc([N+](=O)[O-])cc([N+](=O)[O-])c21. The minimum absolute atomic E-state index is 0.0157. The lowest BCUT2D eigenvalue weighted by atomic mass is 10.1. The number of carbonyl (C=O) groups excluding carboxylic acids is 2. The molecule has 0 aromatic heterocycles. The largest absolute Gasteiger partial charge is 0.445 e. The van der Waals surface area contributed by atoms with Crippen molar-refractivity contribution in [3.8, 4) is 0 Å². The summed E-state index contributed by atoms with van der Waals surface area (Å²) in [6.45, 7) is 1.57. The van der Waals surface area contributed by atoms with Crippen LogP contribution in [0.5, 0.6) is 0 Å². The van der Waals surface area contributed by atoms with E-state index >= 15 is 0 Å². The molecule has 11 heteroatoms. The molecule has 0 fully saturated rings. The standard InChI is InChI=1S/C19H18N4O7/c1-12(20-19(25)30-11-13-5-3-2-4-6-13)18(24)21-8-7-14-9-15(22(26)27)10-16(17(14)21)23(28)29/h2-6,9-10,12H,7-8,11H2,1H3,(H,20,25)/t12-/m0/s1. The molecule has 0 bridgehead atoms. The maximum Gasteiger partial charge on any atom is 0.408 e. The van der Waals surface area contributed by atoms with Crippen molar-refractivity contribution >= 4 is 29.1 Å². The lowest BCUT2D eigenvalue weighted by Gasteiger charge is -2.22. The van der Waals surface area contributed by atoms with E-state index in [0.29, 0.717) is 5.56 Å². The molecule has 0 radical (unpaired) electrons. The van der Waals surface area contributed by atoms with Gasteiger partial charge in [-0.3, -0.25) is 25.0 Å². The van der Waals surface area contributed by atoms with Crippen LogP contribution in [-0.4, -0.2) is 34.4 Å². The minimum atomic E-state index is -1.02. The molecule has 1 heterocycles. The molecular weight excluding hydrogens is 396 g/mol. The normalized spacial score (nSPS) is 13.3. The van der Waals surface area contributed by atoms with E-state index in [4.69, 9.17) is 4.74 Å². The number of alkyl carbamates (subject to hydrolysis) is 1. The second kappa shape index (κ2) is 8.55. The maximum atomic E-state index is 12.8. The highest BCUT2D eigenvalue weighted by Crippen LogP contribution is 2.40. The predicted molar refractivity (Wildman–Crippen MR) is 105 cm³/mol. The number of carbonyl (C=O) groups is 2. The van der Waals surface area contributed by atoms with Crippen LogP contribution < -0.4 is 10.2 Å². The molecule has 0 saturated carbocycles. The van der Waals surface area contributed by atoms with Gasteiger partial charge in [-0.2, -0.15) is 0 Å². The smallest absolute Gasteiger partial charge is 0.408 e. The first kappa shape index (κ1) is 20.7. The number of nitrogens with zero attached hydrogens (tertiary/aromatic N) is 3. The van der Waals surface area contributed by atoms with Crippen molar-refractivity contribution in [2.45, 2.75) is 26.0 Å². The molecule has 0 spiro atoms. The van der Waals surface area contributed by atoms with E-state index in [-0.39, 0.29) is 25.3 Å². The lowest BCUT2D eigenvalue weighted by molar-refractivity contribution is -0.393. The molecule has 2 aromatic carbocycles. The van der Waals surface area contributed by atoms with Gasteiger partial charge in [-0.1, -0.05) is 30.3 Å². The summed E-state index contributed by atoms with van der Waals surface area (Å²) in [5.74, 6) is -0.581. The Kier molecular flexibility index (Phi) is 5.90. The fourth-order valence-electron chi connectivity index (χ4n) is 3.21.